The summed E-state index contributed by atoms with van der Waals surface area (Å²) in [5, 5.41) is 3.53. The van der Waals surface area contributed by atoms with Gasteiger partial charge in [-0.1, -0.05) is 35.9 Å². The highest BCUT2D eigenvalue weighted by Crippen LogP contribution is 2.32. The van der Waals surface area contributed by atoms with Crippen LogP contribution in [0, 0.1) is 0 Å². The van der Waals surface area contributed by atoms with Crippen LogP contribution in [0.5, 0.6) is 11.5 Å². The van der Waals surface area contributed by atoms with Crippen LogP contribution in [0.25, 0.3) is 21.8 Å². The molecule has 0 spiro atoms. The summed E-state index contributed by atoms with van der Waals surface area (Å²) in [4.78, 5) is 4.75. The Hall–Kier alpha value is -3.07. The first kappa shape index (κ1) is 22.1. The van der Waals surface area contributed by atoms with Gasteiger partial charge in [-0.3, -0.25) is 4.72 Å². The van der Waals surface area contributed by atoms with Crippen molar-refractivity contribution < 1.29 is 17.9 Å². The minimum absolute atomic E-state index is 0.0753. The molecule has 0 saturated heterocycles. The number of rotatable bonds is 7. The number of nitrogens with zero attached hydrogens (tertiary/aromatic N) is 1. The van der Waals surface area contributed by atoms with Gasteiger partial charge in [-0.05, 0) is 36.4 Å². The first-order valence-electron chi connectivity index (χ1n) is 9.46. The highest BCUT2D eigenvalue weighted by molar-refractivity contribution is 7.92. The van der Waals surface area contributed by atoms with Gasteiger partial charge in [-0.15, -0.1) is 11.3 Å². The molecule has 0 unspecified atom stereocenters. The van der Waals surface area contributed by atoms with Crippen LogP contribution in [-0.4, -0.2) is 27.6 Å². The van der Waals surface area contributed by atoms with Crippen molar-refractivity contribution in [2.45, 2.75) is 4.90 Å². The summed E-state index contributed by atoms with van der Waals surface area (Å²) in [6.45, 7) is 0. The zero-order chi connectivity index (χ0) is 22.7. The van der Waals surface area contributed by atoms with Crippen molar-refractivity contribution in [2.24, 2.45) is 0 Å². The molecule has 1 heterocycles. The molecule has 164 valence electrons. The second kappa shape index (κ2) is 9.20. The Bertz CT molecular complexity index is 1340. The molecule has 0 aliphatic carbocycles. The van der Waals surface area contributed by atoms with E-state index in [1.54, 1.807) is 18.2 Å². The average molecular weight is 487 g/mol. The summed E-state index contributed by atoms with van der Waals surface area (Å²) < 4.78 is 38.5. The van der Waals surface area contributed by atoms with Gasteiger partial charge in [-0.2, -0.15) is 0 Å². The summed E-state index contributed by atoms with van der Waals surface area (Å²) in [6, 6.07) is 19.0. The van der Waals surface area contributed by atoms with E-state index in [1.807, 2.05) is 41.8 Å². The number of thiazole rings is 1. The molecule has 0 bridgehead atoms. The highest BCUT2D eigenvalue weighted by atomic mass is 35.5. The first-order valence-corrected chi connectivity index (χ1v) is 12.2. The van der Waals surface area contributed by atoms with Crippen LogP contribution in [-0.2, 0) is 10.0 Å². The molecule has 0 amide bonds. The fourth-order valence-corrected chi connectivity index (χ4v) is 5.07. The van der Waals surface area contributed by atoms with Crippen molar-refractivity contribution in [3.63, 3.8) is 0 Å². The van der Waals surface area contributed by atoms with E-state index in [2.05, 4.69) is 9.71 Å². The summed E-state index contributed by atoms with van der Waals surface area (Å²) in [5.41, 5.74) is 3.13. The lowest BCUT2D eigenvalue weighted by Crippen LogP contribution is -2.13. The molecule has 1 N–H and O–H groups in total. The molecule has 0 radical (unpaired) electrons. The molecule has 0 atom stereocenters. The van der Waals surface area contributed by atoms with E-state index in [4.69, 9.17) is 21.1 Å². The Balaban J connectivity index is 1.52. The minimum Gasteiger partial charge on any atom is -0.493 e. The minimum atomic E-state index is -3.79. The number of aromatic nitrogens is 1. The zero-order valence-electron chi connectivity index (χ0n) is 17.2. The van der Waals surface area contributed by atoms with Crippen molar-refractivity contribution in [3.8, 4) is 33.3 Å². The lowest BCUT2D eigenvalue weighted by Gasteiger charge is -2.12. The maximum Gasteiger partial charge on any atom is 0.262 e. The number of ether oxygens (including phenoxy) is 2. The zero-order valence-corrected chi connectivity index (χ0v) is 19.6. The largest absolute Gasteiger partial charge is 0.493 e. The summed E-state index contributed by atoms with van der Waals surface area (Å²) >= 11 is 7.48. The Morgan fingerprint density at radius 1 is 0.875 bits per heavy atom. The van der Waals surface area contributed by atoms with Crippen LogP contribution < -0.4 is 14.2 Å². The maximum atomic E-state index is 12.8. The SMILES string of the molecule is COc1ccc(S(=O)(=O)Nc2ccc(-c3csc(-c4ccc(Cl)cc4)n3)cc2)cc1OC. The lowest BCUT2D eigenvalue weighted by atomic mass is 10.1. The van der Waals surface area contributed by atoms with Gasteiger partial charge in [0, 0.05) is 33.3 Å². The van der Waals surface area contributed by atoms with Gasteiger partial charge in [-0.25, -0.2) is 13.4 Å². The molecule has 4 aromatic rings. The Morgan fingerprint density at radius 3 is 2.19 bits per heavy atom. The van der Waals surface area contributed by atoms with Gasteiger partial charge >= 0.3 is 0 Å². The molecular weight excluding hydrogens is 468 g/mol. The number of anilines is 1. The van der Waals surface area contributed by atoms with E-state index in [-0.39, 0.29) is 4.90 Å². The van der Waals surface area contributed by atoms with Gasteiger partial charge in [0.1, 0.15) is 5.01 Å². The summed E-state index contributed by atoms with van der Waals surface area (Å²) in [5.74, 6) is 0.794. The van der Waals surface area contributed by atoms with Gasteiger partial charge in [0.25, 0.3) is 10.0 Å². The Morgan fingerprint density at radius 2 is 1.53 bits per heavy atom. The lowest BCUT2D eigenvalue weighted by molar-refractivity contribution is 0.354. The second-order valence-electron chi connectivity index (χ2n) is 6.74. The molecule has 9 heteroatoms. The second-order valence-corrected chi connectivity index (χ2v) is 9.72. The van der Waals surface area contributed by atoms with Crippen LogP contribution in [0.3, 0.4) is 0 Å². The first-order chi connectivity index (χ1) is 15.4. The third-order valence-corrected chi connectivity index (χ3v) is 7.22. The number of hydrogen-bond acceptors (Lipinski definition) is 6. The third kappa shape index (κ3) is 4.72. The fraction of sp³-hybridized carbons (Fsp3) is 0.0870. The molecule has 1 aromatic heterocycles. The predicted octanol–water partition coefficient (Wildman–Crippen LogP) is 5.95. The van der Waals surface area contributed by atoms with Crippen molar-refractivity contribution in [1.82, 2.24) is 4.98 Å². The van der Waals surface area contributed by atoms with E-state index in [1.165, 1.54) is 37.7 Å². The van der Waals surface area contributed by atoms with E-state index in [0.29, 0.717) is 22.2 Å². The van der Waals surface area contributed by atoms with Crippen LogP contribution in [0.4, 0.5) is 5.69 Å². The van der Waals surface area contributed by atoms with Gasteiger partial charge in [0.15, 0.2) is 11.5 Å². The highest BCUT2D eigenvalue weighted by Gasteiger charge is 2.17. The van der Waals surface area contributed by atoms with Crippen molar-refractivity contribution in [3.05, 3.63) is 77.1 Å². The molecule has 0 saturated carbocycles. The van der Waals surface area contributed by atoms with Crippen molar-refractivity contribution in [2.75, 3.05) is 18.9 Å². The monoisotopic (exact) mass is 486 g/mol. The maximum absolute atomic E-state index is 12.8. The molecule has 0 fully saturated rings. The summed E-state index contributed by atoms with van der Waals surface area (Å²) in [6.07, 6.45) is 0. The number of methoxy groups -OCH3 is 2. The fourth-order valence-electron chi connectivity index (χ4n) is 3.04. The molecule has 32 heavy (non-hydrogen) atoms. The summed E-state index contributed by atoms with van der Waals surface area (Å²) in [7, 11) is -0.846. The molecule has 0 aliphatic heterocycles. The topological polar surface area (TPSA) is 77.5 Å². The van der Waals surface area contributed by atoms with Gasteiger partial charge < -0.3 is 9.47 Å². The van der Waals surface area contributed by atoms with Gasteiger partial charge in [0.05, 0.1) is 24.8 Å². The van der Waals surface area contributed by atoms with Crippen molar-refractivity contribution >= 4 is 38.6 Å². The quantitative estimate of drug-likeness (QED) is 0.349. The van der Waals surface area contributed by atoms with Crippen LogP contribution in [0.2, 0.25) is 5.02 Å². The smallest absolute Gasteiger partial charge is 0.262 e. The number of benzene rings is 3. The average Bonchev–Trinajstić information content (AvgIpc) is 3.29. The van der Waals surface area contributed by atoms with Gasteiger partial charge in [0.2, 0.25) is 0 Å². The molecule has 0 aliphatic rings. The number of nitrogens with one attached hydrogen (secondary N) is 1. The van der Waals surface area contributed by atoms with E-state index in [0.717, 1.165) is 21.8 Å². The van der Waals surface area contributed by atoms with E-state index < -0.39 is 10.0 Å². The number of hydrogen-bond donors (Lipinski definition) is 1. The molecular formula is C23H19ClN2O4S2. The van der Waals surface area contributed by atoms with Crippen LogP contribution in [0.15, 0.2) is 77.0 Å². The Kier molecular flexibility index (Phi) is 6.36. The molecule has 3 aromatic carbocycles. The predicted molar refractivity (Wildman–Crippen MR) is 128 cm³/mol. The third-order valence-electron chi connectivity index (χ3n) is 4.69. The standard InChI is InChI=1S/C23H19ClN2O4S2/c1-29-21-12-11-19(13-22(21)30-2)32(27,28)26-18-9-5-15(6-10-18)20-14-31-23(25-20)16-3-7-17(24)8-4-16/h3-14,26H,1-2H3. The Labute approximate surface area is 195 Å². The molecule has 4 rings (SSSR count). The van der Waals surface area contributed by atoms with E-state index in [9.17, 15) is 8.42 Å². The van der Waals surface area contributed by atoms with E-state index >= 15 is 0 Å². The van der Waals surface area contributed by atoms with Crippen LogP contribution in [0.1, 0.15) is 0 Å². The van der Waals surface area contributed by atoms with Crippen molar-refractivity contribution in [1.29, 1.82) is 0 Å². The molecule has 6 nitrogen and oxygen atoms in total. The van der Waals surface area contributed by atoms with Crippen LogP contribution >= 0.6 is 22.9 Å². The normalized spacial score (nSPS) is 11.2. The number of halogens is 1. The number of sulfonamides is 1.